The van der Waals surface area contributed by atoms with Crippen LogP contribution < -0.4 is 4.74 Å². The number of phosphoric acid groups is 1. The lowest BCUT2D eigenvalue weighted by Gasteiger charge is -2.36. The molecule has 0 radical (unpaired) electrons. The first kappa shape index (κ1) is 33.6. The Morgan fingerprint density at radius 1 is 1.17 bits per heavy atom. The van der Waals surface area contributed by atoms with Gasteiger partial charge in [-0.1, -0.05) is 70.8 Å². The molecule has 1 aromatic carbocycles. The third-order valence-corrected chi connectivity index (χ3v) is 9.18. The summed E-state index contributed by atoms with van der Waals surface area (Å²) in [7, 11) is -4.56. The van der Waals surface area contributed by atoms with Gasteiger partial charge in [0.05, 0.1) is 6.61 Å². The fourth-order valence-corrected chi connectivity index (χ4v) is 7.19. The van der Waals surface area contributed by atoms with Crippen molar-refractivity contribution in [1.29, 1.82) is 0 Å². The van der Waals surface area contributed by atoms with Gasteiger partial charge >= 0.3 is 13.8 Å². The van der Waals surface area contributed by atoms with Gasteiger partial charge in [0.2, 0.25) is 0 Å². The first-order chi connectivity index (χ1) is 19.2. The first-order valence-corrected chi connectivity index (χ1v) is 16.7. The maximum atomic E-state index is 14.0. The molecule has 2 aliphatic rings. The van der Waals surface area contributed by atoms with Gasteiger partial charge in [-0.3, -0.25) is 9.05 Å². The smallest absolute Gasteiger partial charge is 0.473 e. The second kappa shape index (κ2) is 14.0. The van der Waals surface area contributed by atoms with Crippen LogP contribution in [0.5, 0.6) is 11.5 Å². The van der Waals surface area contributed by atoms with Crippen LogP contribution in [0.4, 0.5) is 0 Å². The zero-order valence-electron chi connectivity index (χ0n) is 26.0. The van der Waals surface area contributed by atoms with E-state index < -0.39 is 19.4 Å². The minimum absolute atomic E-state index is 0.000605. The number of esters is 1. The Hall–Kier alpha value is -1.92. The van der Waals surface area contributed by atoms with Crippen LogP contribution in [0.1, 0.15) is 123 Å². The summed E-state index contributed by atoms with van der Waals surface area (Å²) in [5, 5.41) is 11.4. The van der Waals surface area contributed by atoms with Crippen molar-refractivity contribution in [1.82, 2.24) is 0 Å². The molecule has 1 saturated carbocycles. The average molecular weight is 591 g/mol. The van der Waals surface area contributed by atoms with E-state index in [0.29, 0.717) is 18.4 Å². The van der Waals surface area contributed by atoms with Crippen molar-refractivity contribution in [3.05, 3.63) is 47.1 Å². The third kappa shape index (κ3) is 9.28. The van der Waals surface area contributed by atoms with Crippen LogP contribution in [0.2, 0.25) is 0 Å². The van der Waals surface area contributed by atoms with Gasteiger partial charge in [-0.05, 0) is 94.2 Å². The van der Waals surface area contributed by atoms with Gasteiger partial charge in [-0.25, -0.2) is 9.36 Å². The number of aryl methyl sites for hydroxylation is 1. The summed E-state index contributed by atoms with van der Waals surface area (Å²) in [6.45, 7) is 16.1. The summed E-state index contributed by atoms with van der Waals surface area (Å²) in [5.74, 6) is -0.488. The van der Waals surface area contributed by atoms with Crippen LogP contribution in [-0.2, 0) is 24.8 Å². The second-order valence-corrected chi connectivity index (χ2v) is 14.7. The number of benzene rings is 1. The fraction of sp³-hybridized carbons (Fsp3) is 0.667. The lowest BCUT2D eigenvalue weighted by molar-refractivity contribution is -0.157. The van der Waals surface area contributed by atoms with Crippen molar-refractivity contribution >= 4 is 13.8 Å². The monoisotopic (exact) mass is 590 g/mol. The highest BCUT2D eigenvalue weighted by atomic mass is 31.2. The van der Waals surface area contributed by atoms with Gasteiger partial charge in [0.25, 0.3) is 0 Å². The van der Waals surface area contributed by atoms with Crippen molar-refractivity contribution in [2.75, 3.05) is 6.61 Å². The zero-order chi connectivity index (χ0) is 30.4. The van der Waals surface area contributed by atoms with E-state index in [2.05, 4.69) is 26.5 Å². The molecule has 2 aliphatic carbocycles. The van der Waals surface area contributed by atoms with Gasteiger partial charge in [0.15, 0.2) is 5.60 Å². The Labute approximate surface area is 247 Å². The molecule has 3 rings (SSSR count). The largest absolute Gasteiger partial charge is 0.507 e. The van der Waals surface area contributed by atoms with E-state index >= 15 is 0 Å². The van der Waals surface area contributed by atoms with Crippen LogP contribution in [0.25, 0.3) is 0 Å². The molecule has 0 saturated heterocycles. The SMILES string of the molecule is C=C(C)[C@@H]1CCC(C)=C[C@H]1c1c(O)cc(CCCCC)cc1OC(=O)C1(OP(=O)(O)OCC(C)(C)C)CCCCC1. The van der Waals surface area contributed by atoms with Crippen LogP contribution in [0, 0.1) is 11.3 Å². The molecule has 8 heteroatoms. The number of carbonyl (C=O) groups excluding carboxylic acids is 1. The maximum Gasteiger partial charge on any atom is 0.473 e. The number of phenolic OH excluding ortho intramolecular Hbond substituents is 1. The number of carbonyl (C=O) groups is 1. The number of phosphoric ester groups is 1. The number of ether oxygens (including phenoxy) is 1. The second-order valence-electron chi connectivity index (χ2n) is 13.4. The Kier molecular flexibility index (Phi) is 11.5. The molecule has 7 nitrogen and oxygen atoms in total. The zero-order valence-corrected chi connectivity index (χ0v) is 26.9. The lowest BCUT2D eigenvalue weighted by Crippen LogP contribution is -2.45. The van der Waals surface area contributed by atoms with E-state index in [0.717, 1.165) is 56.1 Å². The molecule has 1 unspecified atom stereocenters. The summed E-state index contributed by atoms with van der Waals surface area (Å²) >= 11 is 0. The standard InChI is InChI=1S/C33H51O7P/c1-8-9-11-14-25-20-28(34)30(27-19-24(4)15-16-26(27)23(2)3)29(21-25)39-31(35)33(17-12-10-13-18-33)40-41(36,37)38-22-32(5,6)7/h19-21,26-27,34H,2,8-18,22H2,1,3-7H3,(H,36,37)/t26-,27+/m0/s1. The highest BCUT2D eigenvalue weighted by Gasteiger charge is 2.49. The molecule has 1 fully saturated rings. The molecular weight excluding hydrogens is 539 g/mol. The molecule has 2 N–H and O–H groups in total. The number of hydrogen-bond donors (Lipinski definition) is 2. The summed E-state index contributed by atoms with van der Waals surface area (Å²) in [6, 6.07) is 3.63. The molecule has 0 aromatic heterocycles. The predicted octanol–water partition coefficient (Wildman–Crippen LogP) is 8.93. The van der Waals surface area contributed by atoms with E-state index in [9.17, 15) is 19.4 Å². The fourth-order valence-electron chi connectivity index (χ4n) is 5.89. The molecule has 0 amide bonds. The third-order valence-electron chi connectivity index (χ3n) is 8.15. The van der Waals surface area contributed by atoms with Gasteiger partial charge in [0, 0.05) is 11.5 Å². The number of aromatic hydroxyl groups is 1. The average Bonchev–Trinajstić information content (AvgIpc) is 2.87. The van der Waals surface area contributed by atoms with Crippen LogP contribution in [0.15, 0.2) is 35.9 Å². The van der Waals surface area contributed by atoms with Crippen molar-refractivity contribution < 1.29 is 33.1 Å². The topological polar surface area (TPSA) is 102 Å². The van der Waals surface area contributed by atoms with Gasteiger partial charge in [-0.2, -0.15) is 0 Å². The lowest BCUT2D eigenvalue weighted by atomic mass is 9.73. The Morgan fingerprint density at radius 3 is 2.46 bits per heavy atom. The minimum atomic E-state index is -4.56. The molecule has 1 aromatic rings. The van der Waals surface area contributed by atoms with Crippen molar-refractivity contribution in [3.63, 3.8) is 0 Å². The van der Waals surface area contributed by atoms with Gasteiger partial charge in [0.1, 0.15) is 11.5 Å². The van der Waals surface area contributed by atoms with Crippen LogP contribution >= 0.6 is 7.82 Å². The molecule has 230 valence electrons. The van der Waals surface area contributed by atoms with E-state index in [1.54, 1.807) is 6.07 Å². The maximum absolute atomic E-state index is 14.0. The molecular formula is C33H51O7P. The quantitative estimate of drug-likeness (QED) is 0.0824. The highest BCUT2D eigenvalue weighted by Crippen LogP contribution is 2.53. The Bertz CT molecular complexity index is 1160. The molecule has 3 atom stereocenters. The summed E-state index contributed by atoms with van der Waals surface area (Å²) in [6.07, 6.45) is 10.5. The van der Waals surface area contributed by atoms with E-state index in [4.69, 9.17) is 13.8 Å². The minimum Gasteiger partial charge on any atom is -0.507 e. The summed E-state index contributed by atoms with van der Waals surface area (Å²) in [4.78, 5) is 24.7. The Morgan fingerprint density at radius 2 is 1.85 bits per heavy atom. The summed E-state index contributed by atoms with van der Waals surface area (Å²) in [5.41, 5.74) is 1.67. The van der Waals surface area contributed by atoms with Crippen molar-refractivity contribution in [3.8, 4) is 11.5 Å². The molecule has 0 bridgehead atoms. The van der Waals surface area contributed by atoms with Crippen LogP contribution in [0.3, 0.4) is 0 Å². The molecule has 0 aliphatic heterocycles. The normalized spacial score (nSPS) is 22.5. The number of unbranched alkanes of at least 4 members (excludes halogenated alkanes) is 2. The summed E-state index contributed by atoms with van der Waals surface area (Å²) < 4.78 is 30.2. The number of hydrogen-bond acceptors (Lipinski definition) is 6. The highest BCUT2D eigenvalue weighted by molar-refractivity contribution is 7.47. The van der Waals surface area contributed by atoms with Crippen molar-refractivity contribution in [2.24, 2.45) is 11.3 Å². The molecule has 0 heterocycles. The molecule has 0 spiro atoms. The number of phenols is 1. The molecule has 41 heavy (non-hydrogen) atoms. The van der Waals surface area contributed by atoms with E-state index in [1.807, 2.05) is 33.8 Å². The van der Waals surface area contributed by atoms with Gasteiger partial charge < -0.3 is 14.7 Å². The van der Waals surface area contributed by atoms with Crippen molar-refractivity contribution in [2.45, 2.75) is 124 Å². The first-order valence-electron chi connectivity index (χ1n) is 15.3. The Balaban J connectivity index is 2.03. The van der Waals surface area contributed by atoms with Gasteiger partial charge in [-0.15, -0.1) is 0 Å². The number of rotatable bonds is 12. The van der Waals surface area contributed by atoms with Crippen LogP contribution in [-0.4, -0.2) is 28.2 Å². The van der Waals surface area contributed by atoms with E-state index in [1.165, 1.54) is 5.57 Å². The predicted molar refractivity (Wildman–Crippen MR) is 163 cm³/mol. The van der Waals surface area contributed by atoms with E-state index in [-0.39, 0.29) is 48.2 Å². The number of allylic oxidation sites excluding steroid dienone is 3.